The zero-order chi connectivity index (χ0) is 18.9. The molecule has 1 aromatic rings. The minimum absolute atomic E-state index is 0.0235. The lowest BCUT2D eigenvalue weighted by Crippen LogP contribution is -2.56. The molecule has 1 aromatic carbocycles. The van der Waals surface area contributed by atoms with E-state index in [2.05, 4.69) is 0 Å². The fraction of sp³-hybridized carbons (Fsp3) is 0.632. The third-order valence-corrected chi connectivity index (χ3v) is 7.19. The summed E-state index contributed by atoms with van der Waals surface area (Å²) >= 11 is 0. The van der Waals surface area contributed by atoms with E-state index in [1.807, 2.05) is 25.7 Å². The van der Waals surface area contributed by atoms with Crippen LogP contribution >= 0.6 is 0 Å². The number of nitrogens with zero attached hydrogens (tertiary/aromatic N) is 2. The molecule has 1 amide bonds. The highest BCUT2D eigenvalue weighted by Crippen LogP contribution is 2.27. The highest BCUT2D eigenvalue weighted by molar-refractivity contribution is 7.89. The van der Waals surface area contributed by atoms with Gasteiger partial charge in [0.1, 0.15) is 0 Å². The molecule has 0 radical (unpaired) electrons. The molecule has 26 heavy (non-hydrogen) atoms. The van der Waals surface area contributed by atoms with Gasteiger partial charge < -0.3 is 9.64 Å². The second-order valence-electron chi connectivity index (χ2n) is 7.50. The minimum atomic E-state index is -3.57. The average Bonchev–Trinajstić information content (AvgIpc) is 2.62. The number of carbonyl (C=O) groups excluding carboxylic acids is 1. The molecule has 2 aliphatic heterocycles. The second kappa shape index (κ2) is 7.66. The third kappa shape index (κ3) is 3.80. The smallest absolute Gasteiger partial charge is 0.243 e. The Labute approximate surface area is 156 Å². The van der Waals surface area contributed by atoms with Gasteiger partial charge in [0.25, 0.3) is 0 Å². The summed E-state index contributed by atoms with van der Waals surface area (Å²) in [5, 5.41) is 0. The van der Waals surface area contributed by atoms with E-state index in [0.29, 0.717) is 31.1 Å². The van der Waals surface area contributed by atoms with E-state index >= 15 is 0 Å². The first-order valence-corrected chi connectivity index (χ1v) is 10.7. The summed E-state index contributed by atoms with van der Waals surface area (Å²) in [5.74, 6) is -0.232. The topological polar surface area (TPSA) is 66.9 Å². The number of carbonyl (C=O) groups is 1. The van der Waals surface area contributed by atoms with Crippen molar-refractivity contribution in [2.75, 3.05) is 26.3 Å². The van der Waals surface area contributed by atoms with Crippen molar-refractivity contribution in [3.8, 4) is 0 Å². The Kier molecular flexibility index (Phi) is 5.69. The van der Waals surface area contributed by atoms with E-state index in [0.717, 1.165) is 12.0 Å². The molecule has 0 aliphatic carbocycles. The summed E-state index contributed by atoms with van der Waals surface area (Å²) in [5.41, 5.74) is 1.02. The molecule has 2 heterocycles. The predicted octanol–water partition coefficient (Wildman–Crippen LogP) is 2.03. The van der Waals surface area contributed by atoms with Crippen molar-refractivity contribution in [2.45, 2.75) is 50.6 Å². The maximum atomic E-state index is 13.1. The number of sulfonamides is 1. The van der Waals surface area contributed by atoms with Crippen LogP contribution in [0.25, 0.3) is 0 Å². The Morgan fingerprint density at radius 2 is 1.73 bits per heavy atom. The zero-order valence-corrected chi connectivity index (χ0v) is 16.5. The number of piperidine rings is 1. The van der Waals surface area contributed by atoms with Gasteiger partial charge in [-0.05, 0) is 45.7 Å². The van der Waals surface area contributed by atoms with Crippen LogP contribution in [0.5, 0.6) is 0 Å². The van der Waals surface area contributed by atoms with E-state index in [1.54, 1.807) is 24.3 Å². The van der Waals surface area contributed by atoms with Gasteiger partial charge in [-0.25, -0.2) is 8.42 Å². The van der Waals surface area contributed by atoms with Crippen LogP contribution in [0.15, 0.2) is 29.2 Å². The van der Waals surface area contributed by atoms with Gasteiger partial charge in [0.15, 0.2) is 0 Å². The first-order chi connectivity index (χ1) is 12.3. The molecule has 0 unspecified atom stereocenters. The molecule has 0 spiro atoms. The quantitative estimate of drug-likeness (QED) is 0.805. The van der Waals surface area contributed by atoms with Gasteiger partial charge in [-0.2, -0.15) is 4.31 Å². The molecule has 2 aliphatic rings. The van der Waals surface area contributed by atoms with Crippen LogP contribution < -0.4 is 0 Å². The van der Waals surface area contributed by atoms with Gasteiger partial charge in [0.2, 0.25) is 15.9 Å². The van der Waals surface area contributed by atoms with E-state index in [-0.39, 0.29) is 30.5 Å². The molecule has 6 nitrogen and oxygen atoms in total. The van der Waals surface area contributed by atoms with Crippen molar-refractivity contribution >= 4 is 15.9 Å². The van der Waals surface area contributed by atoms with Crippen molar-refractivity contribution in [3.05, 3.63) is 29.8 Å². The van der Waals surface area contributed by atoms with Gasteiger partial charge in [-0.3, -0.25) is 4.79 Å². The Morgan fingerprint density at radius 3 is 2.35 bits per heavy atom. The van der Waals surface area contributed by atoms with E-state index < -0.39 is 10.0 Å². The molecule has 3 rings (SSSR count). The van der Waals surface area contributed by atoms with Crippen LogP contribution in [-0.4, -0.2) is 61.9 Å². The second-order valence-corrected chi connectivity index (χ2v) is 9.43. The normalized spacial score (nSPS) is 28.1. The van der Waals surface area contributed by atoms with Crippen LogP contribution in [-0.2, 0) is 19.6 Å². The van der Waals surface area contributed by atoms with E-state index in [4.69, 9.17) is 4.74 Å². The summed E-state index contributed by atoms with van der Waals surface area (Å²) in [6.07, 6.45) is 1.43. The lowest BCUT2D eigenvalue weighted by atomic mass is 9.96. The summed E-state index contributed by atoms with van der Waals surface area (Å²) in [7, 11) is -3.57. The van der Waals surface area contributed by atoms with Gasteiger partial charge >= 0.3 is 0 Å². The molecule has 0 bridgehead atoms. The third-order valence-electron chi connectivity index (χ3n) is 5.31. The largest absolute Gasteiger partial charge is 0.377 e. The summed E-state index contributed by atoms with van der Waals surface area (Å²) < 4.78 is 32.9. The molecule has 2 fully saturated rings. The molecule has 7 heteroatoms. The zero-order valence-electron chi connectivity index (χ0n) is 15.7. The summed E-state index contributed by atoms with van der Waals surface area (Å²) in [6, 6.07) is 6.93. The van der Waals surface area contributed by atoms with Crippen molar-refractivity contribution in [1.29, 1.82) is 0 Å². The fourth-order valence-corrected chi connectivity index (χ4v) is 5.39. The van der Waals surface area contributed by atoms with Gasteiger partial charge in [0.05, 0.1) is 36.1 Å². The number of amides is 1. The molecule has 0 N–H and O–H groups in total. The number of morpholine rings is 1. The SMILES string of the molecule is Cc1ccc(S(=O)(=O)N2CCC[C@H](C(=O)N3[C@@H](C)COC[C@@H]3C)C2)cc1. The monoisotopic (exact) mass is 380 g/mol. The lowest BCUT2D eigenvalue weighted by Gasteiger charge is -2.42. The molecular weight excluding hydrogens is 352 g/mol. The van der Waals surface area contributed by atoms with Crippen LogP contribution in [0.3, 0.4) is 0 Å². The molecule has 0 saturated carbocycles. The first-order valence-electron chi connectivity index (χ1n) is 9.27. The number of hydrogen-bond donors (Lipinski definition) is 0. The number of benzene rings is 1. The number of ether oxygens (including phenoxy) is 1. The van der Waals surface area contributed by atoms with Crippen molar-refractivity contribution in [2.24, 2.45) is 5.92 Å². The Hall–Kier alpha value is -1.44. The van der Waals surface area contributed by atoms with Gasteiger partial charge in [0, 0.05) is 13.1 Å². The Bertz CT molecular complexity index is 737. The minimum Gasteiger partial charge on any atom is -0.377 e. The molecule has 0 aromatic heterocycles. The molecule has 3 atom stereocenters. The standard InChI is InChI=1S/C19H28N2O4S/c1-14-6-8-18(9-7-14)26(23,24)20-10-4-5-17(11-20)19(22)21-15(2)12-25-13-16(21)3/h6-9,15-17H,4-5,10-13H2,1-3H3/t15-,16-,17-/m0/s1. The maximum absolute atomic E-state index is 13.1. The van der Waals surface area contributed by atoms with E-state index in [9.17, 15) is 13.2 Å². The summed E-state index contributed by atoms with van der Waals surface area (Å²) in [4.78, 5) is 15.3. The first kappa shape index (κ1) is 19.3. The van der Waals surface area contributed by atoms with E-state index in [1.165, 1.54) is 4.31 Å². The van der Waals surface area contributed by atoms with Crippen LogP contribution in [0.2, 0.25) is 0 Å². The highest BCUT2D eigenvalue weighted by atomic mass is 32.2. The maximum Gasteiger partial charge on any atom is 0.243 e. The number of rotatable bonds is 3. The lowest BCUT2D eigenvalue weighted by molar-refractivity contribution is -0.149. The Morgan fingerprint density at radius 1 is 1.12 bits per heavy atom. The number of aryl methyl sites for hydroxylation is 1. The predicted molar refractivity (Wildman–Crippen MR) is 99.3 cm³/mol. The van der Waals surface area contributed by atoms with Crippen LogP contribution in [0, 0.1) is 12.8 Å². The fourth-order valence-electron chi connectivity index (χ4n) is 3.87. The average molecular weight is 381 g/mol. The summed E-state index contributed by atoms with van der Waals surface area (Å²) in [6.45, 7) is 7.69. The number of hydrogen-bond acceptors (Lipinski definition) is 4. The van der Waals surface area contributed by atoms with Gasteiger partial charge in [-0.1, -0.05) is 17.7 Å². The van der Waals surface area contributed by atoms with Crippen LogP contribution in [0.4, 0.5) is 0 Å². The van der Waals surface area contributed by atoms with Crippen molar-refractivity contribution in [1.82, 2.24) is 9.21 Å². The Balaban J connectivity index is 1.76. The van der Waals surface area contributed by atoms with Crippen molar-refractivity contribution < 1.29 is 17.9 Å². The highest BCUT2D eigenvalue weighted by Gasteiger charge is 2.38. The molecule has 144 valence electrons. The molecular formula is C19H28N2O4S. The van der Waals surface area contributed by atoms with Crippen molar-refractivity contribution in [3.63, 3.8) is 0 Å². The van der Waals surface area contributed by atoms with Crippen LogP contribution in [0.1, 0.15) is 32.3 Å². The van der Waals surface area contributed by atoms with Gasteiger partial charge in [-0.15, -0.1) is 0 Å². The molecule has 2 saturated heterocycles.